The zero-order valence-corrected chi connectivity index (χ0v) is 25.0. The lowest BCUT2D eigenvalue weighted by molar-refractivity contribution is 0.0341. The van der Waals surface area contributed by atoms with E-state index in [1.807, 2.05) is 70.3 Å². The van der Waals surface area contributed by atoms with Crippen molar-refractivity contribution in [2.45, 2.75) is 52.4 Å². The molecule has 42 heavy (non-hydrogen) atoms. The molecule has 0 bridgehead atoms. The second-order valence-electron chi connectivity index (χ2n) is 11.3. The molecule has 3 atom stereocenters. The number of aliphatic hydroxyl groups is 1. The highest BCUT2D eigenvalue weighted by molar-refractivity contribution is 5.99. The minimum atomic E-state index is -0.373. The number of carbonyl (C=O) groups is 2. The maximum absolute atomic E-state index is 13.6. The number of likely N-dealkylation sites (N-methyl/N-ethyl adjacent to an activating group) is 1. The van der Waals surface area contributed by atoms with Crippen molar-refractivity contribution in [3.8, 4) is 17.2 Å². The zero-order valence-electron chi connectivity index (χ0n) is 25.0. The summed E-state index contributed by atoms with van der Waals surface area (Å²) in [5.41, 5.74) is 1.98. The molecule has 9 heteroatoms. The van der Waals surface area contributed by atoms with Crippen molar-refractivity contribution in [1.82, 2.24) is 15.1 Å². The van der Waals surface area contributed by atoms with Crippen LogP contribution in [0.2, 0.25) is 0 Å². The number of aliphatic hydroxyl groups excluding tert-OH is 1. The van der Waals surface area contributed by atoms with Gasteiger partial charge in [0.2, 0.25) is 0 Å². The topological polar surface area (TPSA) is 103 Å². The average molecular weight is 575 g/mol. The van der Waals surface area contributed by atoms with Gasteiger partial charge >= 0.3 is 6.03 Å². The summed E-state index contributed by atoms with van der Waals surface area (Å²) in [7, 11) is 2.05. The lowest BCUT2D eigenvalue weighted by atomic mass is 9.99. The summed E-state index contributed by atoms with van der Waals surface area (Å²) in [6, 6.07) is 22.1. The largest absolute Gasteiger partial charge is 0.488 e. The number of nitrogens with zero attached hydrogens (tertiary/aromatic N) is 2. The average Bonchev–Trinajstić information content (AvgIpc) is 2.96. The molecule has 0 aromatic heterocycles. The lowest BCUT2D eigenvalue weighted by Gasteiger charge is -2.38. The molecule has 4 rings (SSSR count). The molecule has 3 aromatic rings. The van der Waals surface area contributed by atoms with E-state index in [2.05, 4.69) is 34.6 Å². The predicted molar refractivity (Wildman–Crippen MR) is 164 cm³/mol. The third-order valence-electron chi connectivity index (χ3n) is 7.19. The molecule has 0 spiro atoms. The fourth-order valence-electron chi connectivity index (χ4n) is 4.92. The number of benzene rings is 3. The van der Waals surface area contributed by atoms with Gasteiger partial charge in [0.25, 0.3) is 5.91 Å². The Morgan fingerprint density at radius 3 is 2.43 bits per heavy atom. The second-order valence-corrected chi connectivity index (χ2v) is 11.3. The van der Waals surface area contributed by atoms with Crippen molar-refractivity contribution in [2.75, 3.05) is 32.1 Å². The van der Waals surface area contributed by atoms with E-state index >= 15 is 0 Å². The molecule has 224 valence electrons. The summed E-state index contributed by atoms with van der Waals surface area (Å²) >= 11 is 0. The molecular weight excluding hydrogens is 532 g/mol. The maximum Gasteiger partial charge on any atom is 0.319 e. The van der Waals surface area contributed by atoms with Gasteiger partial charge in [0.05, 0.1) is 18.2 Å². The van der Waals surface area contributed by atoms with Crippen LogP contribution in [0, 0.1) is 5.92 Å². The SMILES string of the molecule is CC(C)NC(=O)Nc1ccc2c(c1)C(=O)N([C@H](C)CO)C[C@H](C)[C@@H](CN(C)Cc1ccc(Oc3ccccc3)cc1)O2. The van der Waals surface area contributed by atoms with E-state index < -0.39 is 0 Å². The fraction of sp³-hybridized carbons (Fsp3) is 0.394. The fourth-order valence-corrected chi connectivity index (χ4v) is 4.92. The molecule has 3 N–H and O–H groups in total. The highest BCUT2D eigenvalue weighted by atomic mass is 16.5. The first kappa shape index (κ1) is 30.9. The van der Waals surface area contributed by atoms with Crippen molar-refractivity contribution in [2.24, 2.45) is 5.92 Å². The molecule has 0 fully saturated rings. The van der Waals surface area contributed by atoms with Gasteiger partial charge in [-0.1, -0.05) is 37.3 Å². The van der Waals surface area contributed by atoms with Crippen LogP contribution in [0.5, 0.6) is 17.2 Å². The number of amides is 3. The highest BCUT2D eigenvalue weighted by Crippen LogP contribution is 2.31. The van der Waals surface area contributed by atoms with Crippen LogP contribution in [-0.2, 0) is 6.54 Å². The van der Waals surface area contributed by atoms with E-state index in [0.29, 0.717) is 36.6 Å². The number of carbonyl (C=O) groups excluding carboxylic acids is 2. The molecule has 0 radical (unpaired) electrons. The van der Waals surface area contributed by atoms with Gasteiger partial charge in [-0.3, -0.25) is 9.69 Å². The smallest absolute Gasteiger partial charge is 0.319 e. The Kier molecular flexibility index (Phi) is 10.4. The number of para-hydroxylation sites is 1. The number of hydrogen-bond acceptors (Lipinski definition) is 6. The van der Waals surface area contributed by atoms with Crippen LogP contribution in [0.1, 0.15) is 43.6 Å². The van der Waals surface area contributed by atoms with E-state index in [-0.39, 0.29) is 42.7 Å². The first-order valence-corrected chi connectivity index (χ1v) is 14.4. The molecule has 0 unspecified atom stereocenters. The Morgan fingerprint density at radius 2 is 1.76 bits per heavy atom. The zero-order chi connectivity index (χ0) is 30.2. The number of ether oxygens (including phenoxy) is 2. The normalized spacial score (nSPS) is 17.6. The van der Waals surface area contributed by atoms with Gasteiger partial charge < -0.3 is 30.1 Å². The number of anilines is 1. The van der Waals surface area contributed by atoms with Gasteiger partial charge in [0.15, 0.2) is 0 Å². The Hall–Kier alpha value is -4.08. The van der Waals surface area contributed by atoms with E-state index in [1.54, 1.807) is 23.1 Å². The van der Waals surface area contributed by atoms with Crippen molar-refractivity contribution >= 4 is 17.6 Å². The summed E-state index contributed by atoms with van der Waals surface area (Å²) in [5.74, 6) is 1.78. The number of nitrogens with one attached hydrogen (secondary N) is 2. The van der Waals surface area contributed by atoms with Gasteiger partial charge in [-0.15, -0.1) is 0 Å². The standard InChI is InChI=1S/C33H42N4O5/c1-22(2)34-33(40)35-26-13-16-30-29(17-26)32(39)37(24(4)21-38)18-23(3)31(42-30)20-36(5)19-25-11-14-28(15-12-25)41-27-9-7-6-8-10-27/h6-17,22-24,31,38H,18-21H2,1-5H3,(H2,34,35,40)/t23-,24+,31+/m0/s1. The van der Waals surface area contributed by atoms with Gasteiger partial charge in [-0.2, -0.15) is 0 Å². The number of urea groups is 1. The van der Waals surface area contributed by atoms with Gasteiger partial charge in [-0.05, 0) is 75.8 Å². The van der Waals surface area contributed by atoms with E-state index in [0.717, 1.165) is 17.1 Å². The summed E-state index contributed by atoms with van der Waals surface area (Å²) in [5, 5.41) is 15.5. The molecular formula is C33H42N4O5. The number of hydrogen-bond donors (Lipinski definition) is 3. The first-order chi connectivity index (χ1) is 20.1. The molecule has 0 saturated heterocycles. The van der Waals surface area contributed by atoms with Crippen molar-refractivity contribution in [1.29, 1.82) is 0 Å². The van der Waals surface area contributed by atoms with E-state index in [4.69, 9.17) is 9.47 Å². The Morgan fingerprint density at radius 1 is 1.07 bits per heavy atom. The minimum absolute atomic E-state index is 0.00480. The molecule has 1 heterocycles. The summed E-state index contributed by atoms with van der Waals surface area (Å²) in [4.78, 5) is 29.8. The van der Waals surface area contributed by atoms with E-state index in [9.17, 15) is 14.7 Å². The van der Waals surface area contributed by atoms with Crippen molar-refractivity contribution < 1.29 is 24.2 Å². The maximum atomic E-state index is 13.6. The van der Waals surface area contributed by atoms with Gasteiger partial charge in [0, 0.05) is 37.3 Å². The molecule has 1 aliphatic heterocycles. The highest BCUT2D eigenvalue weighted by Gasteiger charge is 2.33. The molecule has 3 aromatic carbocycles. The van der Waals surface area contributed by atoms with Crippen LogP contribution in [0.4, 0.5) is 10.5 Å². The Balaban J connectivity index is 1.49. The molecule has 3 amide bonds. The van der Waals surface area contributed by atoms with Gasteiger partial charge in [0.1, 0.15) is 23.4 Å². The summed E-state index contributed by atoms with van der Waals surface area (Å²) in [6.45, 7) is 9.24. The first-order valence-electron chi connectivity index (χ1n) is 14.4. The second kappa shape index (κ2) is 14.2. The Labute approximate surface area is 248 Å². The van der Waals surface area contributed by atoms with Crippen LogP contribution in [0.3, 0.4) is 0 Å². The molecule has 9 nitrogen and oxygen atoms in total. The minimum Gasteiger partial charge on any atom is -0.488 e. The third kappa shape index (κ3) is 8.24. The predicted octanol–water partition coefficient (Wildman–Crippen LogP) is 5.36. The van der Waals surface area contributed by atoms with Crippen LogP contribution >= 0.6 is 0 Å². The monoisotopic (exact) mass is 574 g/mol. The summed E-state index contributed by atoms with van der Waals surface area (Å²) in [6.07, 6.45) is -0.223. The quantitative estimate of drug-likeness (QED) is 0.301. The van der Waals surface area contributed by atoms with Gasteiger partial charge in [-0.25, -0.2) is 4.79 Å². The summed E-state index contributed by atoms with van der Waals surface area (Å²) < 4.78 is 12.4. The molecule has 0 saturated carbocycles. The molecule has 1 aliphatic rings. The van der Waals surface area contributed by atoms with E-state index in [1.165, 1.54) is 0 Å². The van der Waals surface area contributed by atoms with Crippen LogP contribution in [-0.4, -0.2) is 71.8 Å². The lowest BCUT2D eigenvalue weighted by Crippen LogP contribution is -2.49. The Bertz CT molecular complexity index is 1330. The van der Waals surface area contributed by atoms with Crippen LogP contribution in [0.15, 0.2) is 72.8 Å². The van der Waals surface area contributed by atoms with Crippen LogP contribution < -0.4 is 20.1 Å². The van der Waals surface area contributed by atoms with Crippen molar-refractivity contribution in [3.63, 3.8) is 0 Å². The molecule has 0 aliphatic carbocycles. The third-order valence-corrected chi connectivity index (χ3v) is 7.19. The number of rotatable bonds is 10. The number of fused-ring (bicyclic) bond motifs is 1. The van der Waals surface area contributed by atoms with Crippen molar-refractivity contribution in [3.05, 3.63) is 83.9 Å². The van der Waals surface area contributed by atoms with Crippen LogP contribution in [0.25, 0.3) is 0 Å².